The summed E-state index contributed by atoms with van der Waals surface area (Å²) in [5, 5.41) is 3.43. The normalized spacial score (nSPS) is 10.7. The molecule has 3 aromatic rings. The maximum atomic E-state index is 13.3. The Morgan fingerprint density at radius 3 is 2.46 bits per heavy atom. The number of likely N-dealkylation sites (N-methyl/N-ethyl adjacent to an activating group) is 2. The summed E-state index contributed by atoms with van der Waals surface area (Å²) in [7, 11) is 0. The summed E-state index contributed by atoms with van der Waals surface area (Å²) >= 11 is 0. The van der Waals surface area contributed by atoms with Gasteiger partial charge in [0.1, 0.15) is 5.82 Å². The van der Waals surface area contributed by atoms with Crippen LogP contribution in [0.25, 0.3) is 22.2 Å². The molecule has 0 fully saturated rings. The Bertz CT molecular complexity index is 1000. The van der Waals surface area contributed by atoms with E-state index in [0.717, 1.165) is 0 Å². The van der Waals surface area contributed by atoms with Gasteiger partial charge in [0, 0.05) is 24.0 Å². The number of halogens is 1. The lowest BCUT2D eigenvalue weighted by atomic mass is 10.0. The fourth-order valence-electron chi connectivity index (χ4n) is 3.04. The van der Waals surface area contributed by atoms with Crippen LogP contribution in [-0.4, -0.2) is 41.3 Å². The Morgan fingerprint density at radius 1 is 1.07 bits per heavy atom. The molecule has 0 aliphatic heterocycles. The number of nitrogens with zero attached hydrogens (tertiary/aromatic N) is 2. The van der Waals surface area contributed by atoms with Gasteiger partial charge in [-0.2, -0.15) is 0 Å². The monoisotopic (exact) mass is 379 g/mol. The Morgan fingerprint density at radius 2 is 1.79 bits per heavy atom. The average Bonchev–Trinajstić information content (AvgIpc) is 2.71. The van der Waals surface area contributed by atoms with Crippen LogP contribution in [0.15, 0.2) is 54.6 Å². The van der Waals surface area contributed by atoms with Crippen molar-refractivity contribution in [3.05, 3.63) is 66.0 Å². The van der Waals surface area contributed by atoms with E-state index in [2.05, 4.69) is 10.3 Å². The summed E-state index contributed by atoms with van der Waals surface area (Å²) in [6.07, 6.45) is 0. The first kappa shape index (κ1) is 19.5. The number of hydrogen-bond donors (Lipinski definition) is 1. The van der Waals surface area contributed by atoms with Crippen molar-refractivity contribution in [2.75, 3.05) is 19.6 Å². The van der Waals surface area contributed by atoms with Crippen molar-refractivity contribution < 1.29 is 14.0 Å². The number of hydrogen-bond acceptors (Lipinski definition) is 3. The van der Waals surface area contributed by atoms with Crippen molar-refractivity contribution in [2.24, 2.45) is 0 Å². The van der Waals surface area contributed by atoms with Crippen LogP contribution in [0.4, 0.5) is 4.39 Å². The van der Waals surface area contributed by atoms with Crippen molar-refractivity contribution in [3.8, 4) is 11.3 Å². The number of pyridine rings is 1. The number of carbonyl (C=O) groups is 2. The van der Waals surface area contributed by atoms with Crippen molar-refractivity contribution in [3.63, 3.8) is 0 Å². The molecule has 0 spiro atoms. The van der Waals surface area contributed by atoms with Crippen LogP contribution in [-0.2, 0) is 4.79 Å². The Labute approximate surface area is 163 Å². The minimum absolute atomic E-state index is 0.00823. The molecule has 28 heavy (non-hydrogen) atoms. The number of para-hydroxylation sites is 1. The van der Waals surface area contributed by atoms with Crippen molar-refractivity contribution in [1.82, 2.24) is 15.2 Å². The van der Waals surface area contributed by atoms with Gasteiger partial charge in [-0.05, 0) is 50.2 Å². The highest BCUT2D eigenvalue weighted by atomic mass is 19.1. The number of benzene rings is 2. The van der Waals surface area contributed by atoms with Crippen molar-refractivity contribution in [1.29, 1.82) is 0 Å². The third-order valence-electron chi connectivity index (χ3n) is 4.46. The van der Waals surface area contributed by atoms with E-state index in [1.165, 1.54) is 17.0 Å². The molecular weight excluding hydrogens is 357 g/mol. The molecular formula is C22H22FN3O2. The van der Waals surface area contributed by atoms with Gasteiger partial charge in [-0.15, -0.1) is 0 Å². The lowest BCUT2D eigenvalue weighted by molar-refractivity contribution is -0.121. The first-order valence-electron chi connectivity index (χ1n) is 9.25. The Kier molecular flexibility index (Phi) is 5.99. The van der Waals surface area contributed by atoms with Crippen LogP contribution in [0.3, 0.4) is 0 Å². The van der Waals surface area contributed by atoms with E-state index in [1.807, 2.05) is 38.1 Å². The van der Waals surface area contributed by atoms with Gasteiger partial charge in [-0.1, -0.05) is 18.2 Å². The largest absolute Gasteiger partial charge is 0.355 e. The highest BCUT2D eigenvalue weighted by molar-refractivity contribution is 6.08. The van der Waals surface area contributed by atoms with Gasteiger partial charge >= 0.3 is 0 Å². The topological polar surface area (TPSA) is 62.3 Å². The van der Waals surface area contributed by atoms with E-state index in [-0.39, 0.29) is 24.2 Å². The molecule has 0 saturated carbocycles. The number of fused-ring (bicyclic) bond motifs is 1. The summed E-state index contributed by atoms with van der Waals surface area (Å²) < 4.78 is 13.3. The second-order valence-corrected chi connectivity index (χ2v) is 6.35. The molecule has 144 valence electrons. The summed E-state index contributed by atoms with van der Waals surface area (Å²) in [4.78, 5) is 31.3. The summed E-state index contributed by atoms with van der Waals surface area (Å²) in [5.41, 5.74) is 2.43. The zero-order chi connectivity index (χ0) is 20.1. The number of rotatable bonds is 6. The lowest BCUT2D eigenvalue weighted by Crippen LogP contribution is -2.40. The van der Waals surface area contributed by atoms with E-state index in [4.69, 9.17) is 0 Å². The van der Waals surface area contributed by atoms with Gasteiger partial charge in [0.25, 0.3) is 5.91 Å². The minimum atomic E-state index is -0.333. The van der Waals surface area contributed by atoms with E-state index in [1.54, 1.807) is 18.2 Å². The van der Waals surface area contributed by atoms with E-state index >= 15 is 0 Å². The predicted octanol–water partition coefficient (Wildman–Crippen LogP) is 3.64. The molecule has 1 heterocycles. The van der Waals surface area contributed by atoms with Gasteiger partial charge < -0.3 is 10.2 Å². The summed E-state index contributed by atoms with van der Waals surface area (Å²) in [6, 6.07) is 15.1. The van der Waals surface area contributed by atoms with Gasteiger partial charge in [-0.25, -0.2) is 9.37 Å². The SMILES string of the molecule is CCNC(=O)CN(CC)C(=O)c1cc(-c2ccc(F)cc2)nc2ccccc12. The van der Waals surface area contributed by atoms with Crippen LogP contribution in [0, 0.1) is 5.82 Å². The molecule has 5 nitrogen and oxygen atoms in total. The van der Waals surface area contributed by atoms with Gasteiger partial charge in [0.05, 0.1) is 23.3 Å². The van der Waals surface area contributed by atoms with Crippen LogP contribution in [0.5, 0.6) is 0 Å². The third kappa shape index (κ3) is 4.17. The molecule has 0 atom stereocenters. The predicted molar refractivity (Wildman–Crippen MR) is 107 cm³/mol. The summed E-state index contributed by atoms with van der Waals surface area (Å²) in [6.45, 7) is 4.57. The van der Waals surface area contributed by atoms with E-state index < -0.39 is 0 Å². The fraction of sp³-hybridized carbons (Fsp3) is 0.227. The summed E-state index contributed by atoms with van der Waals surface area (Å²) in [5.74, 6) is -0.773. The molecule has 6 heteroatoms. The molecule has 0 saturated heterocycles. The fourth-order valence-corrected chi connectivity index (χ4v) is 3.04. The number of nitrogens with one attached hydrogen (secondary N) is 1. The second kappa shape index (κ2) is 8.61. The van der Waals surface area contributed by atoms with Gasteiger partial charge in [-0.3, -0.25) is 9.59 Å². The second-order valence-electron chi connectivity index (χ2n) is 6.35. The average molecular weight is 379 g/mol. The third-order valence-corrected chi connectivity index (χ3v) is 4.46. The number of amides is 2. The first-order valence-corrected chi connectivity index (χ1v) is 9.25. The van der Waals surface area contributed by atoms with Gasteiger partial charge in [0.15, 0.2) is 0 Å². The molecule has 3 rings (SSSR count). The molecule has 0 aliphatic carbocycles. The van der Waals surface area contributed by atoms with Crippen LogP contribution in [0.1, 0.15) is 24.2 Å². The molecule has 2 amide bonds. The number of carbonyl (C=O) groups excluding carboxylic acids is 2. The van der Waals surface area contributed by atoms with Crippen LogP contribution < -0.4 is 5.32 Å². The smallest absolute Gasteiger partial charge is 0.255 e. The van der Waals surface area contributed by atoms with Crippen molar-refractivity contribution in [2.45, 2.75) is 13.8 Å². The zero-order valence-electron chi connectivity index (χ0n) is 15.9. The molecule has 0 radical (unpaired) electrons. The van der Waals surface area contributed by atoms with Crippen LogP contribution in [0.2, 0.25) is 0 Å². The molecule has 0 bridgehead atoms. The lowest BCUT2D eigenvalue weighted by Gasteiger charge is -2.21. The molecule has 1 N–H and O–H groups in total. The first-order chi connectivity index (χ1) is 13.5. The quantitative estimate of drug-likeness (QED) is 0.711. The Hall–Kier alpha value is -3.28. The van der Waals surface area contributed by atoms with Crippen molar-refractivity contribution >= 4 is 22.7 Å². The maximum Gasteiger partial charge on any atom is 0.255 e. The molecule has 0 unspecified atom stereocenters. The highest BCUT2D eigenvalue weighted by Gasteiger charge is 2.21. The Balaban J connectivity index is 2.06. The minimum Gasteiger partial charge on any atom is -0.355 e. The molecule has 2 aromatic carbocycles. The molecule has 0 aliphatic rings. The standard InChI is InChI=1S/C22H22FN3O2/c1-3-24-21(27)14-26(4-2)22(28)18-13-20(15-9-11-16(23)12-10-15)25-19-8-6-5-7-17(18)19/h5-13H,3-4,14H2,1-2H3,(H,24,27). The van der Waals surface area contributed by atoms with E-state index in [9.17, 15) is 14.0 Å². The molecule has 1 aromatic heterocycles. The maximum absolute atomic E-state index is 13.3. The highest BCUT2D eigenvalue weighted by Crippen LogP contribution is 2.26. The van der Waals surface area contributed by atoms with Gasteiger partial charge in [0.2, 0.25) is 5.91 Å². The number of aromatic nitrogens is 1. The zero-order valence-corrected chi connectivity index (χ0v) is 15.9. The van der Waals surface area contributed by atoms with E-state index in [0.29, 0.717) is 40.8 Å². The van der Waals surface area contributed by atoms with Crippen LogP contribution >= 0.6 is 0 Å².